The average Bonchev–Trinajstić information content (AvgIpc) is 2.15. The van der Waals surface area contributed by atoms with E-state index < -0.39 is 0 Å². The van der Waals surface area contributed by atoms with Crippen molar-refractivity contribution in [2.24, 2.45) is 5.92 Å². The minimum atomic E-state index is 0.641. The van der Waals surface area contributed by atoms with Crippen molar-refractivity contribution < 1.29 is 0 Å². The Bertz CT molecular complexity index is 259. The molecule has 13 heavy (non-hydrogen) atoms. The van der Waals surface area contributed by atoms with Gasteiger partial charge in [-0.2, -0.15) is 0 Å². The van der Waals surface area contributed by atoms with E-state index in [1.165, 1.54) is 17.6 Å². The molecular weight excluding hydrogens is 156 g/mol. The zero-order valence-corrected chi connectivity index (χ0v) is 8.59. The molecule has 0 bridgehead atoms. The molecule has 0 aromatic heterocycles. The molecule has 0 amide bonds. The molecule has 70 valence electrons. The van der Waals surface area contributed by atoms with Crippen molar-refractivity contribution in [2.75, 3.05) is 0 Å². The summed E-state index contributed by atoms with van der Waals surface area (Å²) < 4.78 is 0. The van der Waals surface area contributed by atoms with E-state index in [0.717, 1.165) is 6.42 Å². The molecule has 0 spiro atoms. The van der Waals surface area contributed by atoms with Gasteiger partial charge in [-0.1, -0.05) is 49.4 Å². The third-order valence-corrected chi connectivity index (χ3v) is 2.51. The summed E-state index contributed by atoms with van der Waals surface area (Å²) in [5, 5.41) is 0. The summed E-state index contributed by atoms with van der Waals surface area (Å²) in [7, 11) is 0. The molecule has 0 heteroatoms. The number of hydrogen-bond donors (Lipinski definition) is 0. The Labute approximate surface area is 81.3 Å². The highest BCUT2D eigenvalue weighted by Gasteiger charge is 2.06. The van der Waals surface area contributed by atoms with E-state index in [0.29, 0.717) is 5.92 Å². The van der Waals surface area contributed by atoms with Gasteiger partial charge in [0.05, 0.1) is 0 Å². The Morgan fingerprint density at radius 1 is 1.31 bits per heavy atom. The van der Waals surface area contributed by atoms with E-state index in [4.69, 9.17) is 0 Å². The van der Waals surface area contributed by atoms with E-state index in [1.54, 1.807) is 0 Å². The highest BCUT2D eigenvalue weighted by molar-refractivity contribution is 5.17. The van der Waals surface area contributed by atoms with E-state index in [-0.39, 0.29) is 0 Å². The van der Waals surface area contributed by atoms with Crippen LogP contribution in [-0.2, 0) is 6.42 Å². The summed E-state index contributed by atoms with van der Waals surface area (Å²) in [5.74, 6) is 0.641. The second-order valence-electron chi connectivity index (χ2n) is 3.64. The molecule has 0 saturated carbocycles. The van der Waals surface area contributed by atoms with Gasteiger partial charge in [-0.3, -0.25) is 0 Å². The van der Waals surface area contributed by atoms with Gasteiger partial charge in [0.15, 0.2) is 0 Å². The van der Waals surface area contributed by atoms with E-state index in [9.17, 15) is 0 Å². The van der Waals surface area contributed by atoms with Crippen molar-refractivity contribution in [3.05, 3.63) is 48.0 Å². The molecule has 0 radical (unpaired) electrons. The van der Waals surface area contributed by atoms with Crippen molar-refractivity contribution in [2.45, 2.75) is 26.7 Å². The fourth-order valence-corrected chi connectivity index (χ4v) is 1.57. The van der Waals surface area contributed by atoms with Crippen molar-refractivity contribution in [3.8, 4) is 0 Å². The molecular formula is C13H18. The zero-order chi connectivity index (χ0) is 9.68. The highest BCUT2D eigenvalue weighted by Crippen LogP contribution is 2.18. The number of rotatable bonds is 4. The van der Waals surface area contributed by atoms with Gasteiger partial charge >= 0.3 is 0 Å². The fourth-order valence-electron chi connectivity index (χ4n) is 1.57. The van der Waals surface area contributed by atoms with Gasteiger partial charge in [-0.15, -0.1) is 0 Å². The van der Waals surface area contributed by atoms with Gasteiger partial charge in [0.2, 0.25) is 0 Å². The predicted octanol–water partition coefficient (Wildman–Crippen LogP) is 3.83. The molecule has 1 unspecified atom stereocenters. The first-order chi connectivity index (χ1) is 6.24. The van der Waals surface area contributed by atoms with Crippen LogP contribution in [0.15, 0.2) is 42.5 Å². The molecule has 0 aliphatic heterocycles. The van der Waals surface area contributed by atoms with E-state index in [2.05, 4.69) is 50.8 Å². The molecule has 1 aromatic carbocycles. The van der Waals surface area contributed by atoms with Gasteiger partial charge in [0.1, 0.15) is 0 Å². The normalized spacial score (nSPS) is 12.5. The van der Waals surface area contributed by atoms with Crippen molar-refractivity contribution in [3.63, 3.8) is 0 Å². The Hall–Kier alpha value is -1.04. The maximum Gasteiger partial charge on any atom is -0.0171 e. The van der Waals surface area contributed by atoms with Crippen LogP contribution in [0.4, 0.5) is 0 Å². The molecule has 0 heterocycles. The van der Waals surface area contributed by atoms with Crippen molar-refractivity contribution >= 4 is 0 Å². The molecule has 0 N–H and O–H groups in total. The first-order valence-electron chi connectivity index (χ1n) is 4.93. The van der Waals surface area contributed by atoms with Crippen LogP contribution in [0.2, 0.25) is 0 Å². The molecule has 0 aliphatic carbocycles. The smallest absolute Gasteiger partial charge is 0.0171 e. The number of allylic oxidation sites excluding steroid dienone is 1. The lowest BCUT2D eigenvalue weighted by atomic mass is 9.91. The summed E-state index contributed by atoms with van der Waals surface area (Å²) in [6.45, 7) is 8.37. The standard InChI is InChI=1S/C13H18/c1-4-13(11(2)3)10-12-8-6-5-7-9-12/h5-9,13H,2,4,10H2,1,3H3. The highest BCUT2D eigenvalue weighted by atomic mass is 14.1. The predicted molar refractivity (Wildman–Crippen MR) is 58.7 cm³/mol. The van der Waals surface area contributed by atoms with Gasteiger partial charge in [0, 0.05) is 0 Å². The second kappa shape index (κ2) is 4.86. The molecule has 0 fully saturated rings. The maximum absolute atomic E-state index is 4.02. The fraction of sp³-hybridized carbons (Fsp3) is 0.385. The van der Waals surface area contributed by atoms with E-state index >= 15 is 0 Å². The zero-order valence-electron chi connectivity index (χ0n) is 8.59. The molecule has 0 nitrogen and oxygen atoms in total. The van der Waals surface area contributed by atoms with Crippen molar-refractivity contribution in [1.82, 2.24) is 0 Å². The summed E-state index contributed by atoms with van der Waals surface area (Å²) in [6, 6.07) is 10.6. The topological polar surface area (TPSA) is 0 Å². The first kappa shape index (κ1) is 10.0. The summed E-state index contributed by atoms with van der Waals surface area (Å²) in [6.07, 6.45) is 2.32. The SMILES string of the molecule is C=C(C)C(CC)Cc1ccccc1. The third kappa shape index (κ3) is 3.06. The van der Waals surface area contributed by atoms with Gasteiger partial charge in [-0.05, 0) is 31.2 Å². The molecule has 1 atom stereocenters. The monoisotopic (exact) mass is 174 g/mol. The minimum Gasteiger partial charge on any atom is -0.0998 e. The Kier molecular flexibility index (Phi) is 3.75. The lowest BCUT2D eigenvalue weighted by Gasteiger charge is -2.14. The third-order valence-electron chi connectivity index (χ3n) is 2.51. The van der Waals surface area contributed by atoms with Crippen LogP contribution >= 0.6 is 0 Å². The van der Waals surface area contributed by atoms with Gasteiger partial charge in [-0.25, -0.2) is 0 Å². The van der Waals surface area contributed by atoms with Crippen molar-refractivity contribution in [1.29, 1.82) is 0 Å². The van der Waals surface area contributed by atoms with Crippen LogP contribution < -0.4 is 0 Å². The lowest BCUT2D eigenvalue weighted by molar-refractivity contribution is 0.590. The average molecular weight is 174 g/mol. The van der Waals surface area contributed by atoms with Crippen LogP contribution in [0.3, 0.4) is 0 Å². The maximum atomic E-state index is 4.02. The lowest BCUT2D eigenvalue weighted by Crippen LogP contribution is -2.03. The van der Waals surface area contributed by atoms with Gasteiger partial charge < -0.3 is 0 Å². The Balaban J connectivity index is 2.62. The van der Waals surface area contributed by atoms with Crippen LogP contribution in [0, 0.1) is 5.92 Å². The minimum absolute atomic E-state index is 0.641. The summed E-state index contributed by atoms with van der Waals surface area (Å²) in [5.41, 5.74) is 2.71. The largest absolute Gasteiger partial charge is 0.0998 e. The quantitative estimate of drug-likeness (QED) is 0.608. The van der Waals surface area contributed by atoms with Crippen LogP contribution in [0.1, 0.15) is 25.8 Å². The Morgan fingerprint density at radius 3 is 2.38 bits per heavy atom. The number of benzene rings is 1. The van der Waals surface area contributed by atoms with Crippen LogP contribution in [-0.4, -0.2) is 0 Å². The second-order valence-corrected chi connectivity index (χ2v) is 3.64. The molecule has 0 aliphatic rings. The summed E-state index contributed by atoms with van der Waals surface area (Å²) in [4.78, 5) is 0. The van der Waals surface area contributed by atoms with Crippen LogP contribution in [0.5, 0.6) is 0 Å². The van der Waals surface area contributed by atoms with Crippen LogP contribution in [0.25, 0.3) is 0 Å². The molecule has 0 saturated heterocycles. The molecule has 1 rings (SSSR count). The summed E-state index contributed by atoms with van der Waals surface area (Å²) >= 11 is 0. The number of hydrogen-bond acceptors (Lipinski definition) is 0. The first-order valence-corrected chi connectivity index (χ1v) is 4.93. The molecule has 1 aromatic rings. The van der Waals surface area contributed by atoms with E-state index in [1.807, 2.05) is 0 Å². The Morgan fingerprint density at radius 2 is 1.92 bits per heavy atom. The van der Waals surface area contributed by atoms with Gasteiger partial charge in [0.25, 0.3) is 0 Å².